The standard InChI is InChI=1S/C17H29NS/c1-2-3-4-5-6-7-8-9-15-19-16-12-17-10-13-18-14-11-17/h10-11,13-14H,2-9,12,15-16H2,1H3. The third-order valence-electron chi connectivity index (χ3n) is 3.43. The van der Waals surface area contributed by atoms with Crippen molar-refractivity contribution in [3.63, 3.8) is 0 Å². The minimum Gasteiger partial charge on any atom is -0.265 e. The molecule has 1 aromatic heterocycles. The van der Waals surface area contributed by atoms with Crippen LogP contribution >= 0.6 is 11.8 Å². The Kier molecular flexibility index (Phi) is 10.9. The highest BCUT2D eigenvalue weighted by Gasteiger charge is 1.94. The van der Waals surface area contributed by atoms with E-state index in [9.17, 15) is 0 Å². The van der Waals surface area contributed by atoms with Gasteiger partial charge < -0.3 is 0 Å². The number of aryl methyl sites for hydroxylation is 1. The van der Waals surface area contributed by atoms with E-state index < -0.39 is 0 Å². The van der Waals surface area contributed by atoms with Crippen LogP contribution in [0.5, 0.6) is 0 Å². The Morgan fingerprint density at radius 2 is 1.47 bits per heavy atom. The summed E-state index contributed by atoms with van der Waals surface area (Å²) in [5, 5.41) is 0. The summed E-state index contributed by atoms with van der Waals surface area (Å²) in [5.41, 5.74) is 1.42. The molecule has 0 atom stereocenters. The number of unbranched alkanes of at least 4 members (excludes halogenated alkanes) is 7. The van der Waals surface area contributed by atoms with Gasteiger partial charge in [-0.25, -0.2) is 0 Å². The molecule has 0 N–H and O–H groups in total. The van der Waals surface area contributed by atoms with E-state index in [0.717, 1.165) is 0 Å². The zero-order chi connectivity index (χ0) is 13.6. The summed E-state index contributed by atoms with van der Waals surface area (Å²) in [6.07, 6.45) is 16.3. The molecule has 0 aliphatic carbocycles. The Hall–Kier alpha value is -0.500. The van der Waals surface area contributed by atoms with Crippen molar-refractivity contribution in [1.82, 2.24) is 4.98 Å². The van der Waals surface area contributed by atoms with Crippen LogP contribution in [-0.4, -0.2) is 16.5 Å². The van der Waals surface area contributed by atoms with Crippen molar-refractivity contribution >= 4 is 11.8 Å². The Bertz CT molecular complexity index is 287. The fourth-order valence-electron chi connectivity index (χ4n) is 2.18. The van der Waals surface area contributed by atoms with Crippen LogP contribution in [0.3, 0.4) is 0 Å². The van der Waals surface area contributed by atoms with Gasteiger partial charge in [0.1, 0.15) is 0 Å². The molecule has 19 heavy (non-hydrogen) atoms. The molecular formula is C17H29NS. The van der Waals surface area contributed by atoms with Crippen molar-refractivity contribution in [2.45, 2.75) is 64.7 Å². The van der Waals surface area contributed by atoms with E-state index in [1.807, 2.05) is 12.4 Å². The van der Waals surface area contributed by atoms with Crippen molar-refractivity contribution < 1.29 is 0 Å². The van der Waals surface area contributed by atoms with E-state index in [-0.39, 0.29) is 0 Å². The third-order valence-corrected chi connectivity index (χ3v) is 4.50. The molecule has 1 nitrogen and oxygen atoms in total. The normalized spacial score (nSPS) is 10.8. The number of aromatic nitrogens is 1. The van der Waals surface area contributed by atoms with Gasteiger partial charge in [0.05, 0.1) is 0 Å². The van der Waals surface area contributed by atoms with Crippen LogP contribution in [0.15, 0.2) is 24.5 Å². The van der Waals surface area contributed by atoms with Crippen LogP contribution in [0.4, 0.5) is 0 Å². The van der Waals surface area contributed by atoms with E-state index in [1.54, 1.807) is 0 Å². The number of pyridine rings is 1. The number of nitrogens with zero attached hydrogens (tertiary/aromatic N) is 1. The van der Waals surface area contributed by atoms with Crippen molar-refractivity contribution in [3.05, 3.63) is 30.1 Å². The van der Waals surface area contributed by atoms with Gasteiger partial charge in [-0.15, -0.1) is 0 Å². The molecule has 0 aromatic carbocycles. The Labute approximate surface area is 123 Å². The molecule has 0 radical (unpaired) electrons. The Morgan fingerprint density at radius 3 is 2.16 bits per heavy atom. The second-order valence-electron chi connectivity index (χ2n) is 5.19. The molecule has 1 rings (SSSR count). The lowest BCUT2D eigenvalue weighted by molar-refractivity contribution is 0.586. The van der Waals surface area contributed by atoms with E-state index in [2.05, 4.69) is 35.8 Å². The topological polar surface area (TPSA) is 12.9 Å². The summed E-state index contributed by atoms with van der Waals surface area (Å²) in [6.45, 7) is 2.28. The van der Waals surface area contributed by atoms with Crippen LogP contribution in [0.2, 0.25) is 0 Å². The largest absolute Gasteiger partial charge is 0.265 e. The van der Waals surface area contributed by atoms with Gasteiger partial charge in [-0.05, 0) is 42.0 Å². The first kappa shape index (κ1) is 16.6. The van der Waals surface area contributed by atoms with Gasteiger partial charge in [-0.3, -0.25) is 4.98 Å². The van der Waals surface area contributed by atoms with Gasteiger partial charge in [-0.2, -0.15) is 11.8 Å². The lowest BCUT2D eigenvalue weighted by atomic mass is 10.1. The second kappa shape index (κ2) is 12.5. The molecule has 0 aliphatic rings. The summed E-state index contributed by atoms with van der Waals surface area (Å²) >= 11 is 2.10. The van der Waals surface area contributed by atoms with E-state index in [0.29, 0.717) is 0 Å². The average molecular weight is 279 g/mol. The zero-order valence-electron chi connectivity index (χ0n) is 12.4. The molecule has 2 heteroatoms. The predicted molar refractivity (Wildman–Crippen MR) is 87.9 cm³/mol. The first-order chi connectivity index (χ1) is 9.43. The first-order valence-corrected chi connectivity index (χ1v) is 9.05. The van der Waals surface area contributed by atoms with Gasteiger partial charge >= 0.3 is 0 Å². The molecule has 1 aromatic rings. The van der Waals surface area contributed by atoms with Crippen LogP contribution < -0.4 is 0 Å². The monoisotopic (exact) mass is 279 g/mol. The van der Waals surface area contributed by atoms with Gasteiger partial charge in [0.25, 0.3) is 0 Å². The molecule has 108 valence electrons. The lowest BCUT2D eigenvalue weighted by Gasteiger charge is -2.03. The van der Waals surface area contributed by atoms with Gasteiger partial charge in [0.2, 0.25) is 0 Å². The molecule has 0 spiro atoms. The van der Waals surface area contributed by atoms with Gasteiger partial charge in [0.15, 0.2) is 0 Å². The third kappa shape index (κ3) is 10.0. The summed E-state index contributed by atoms with van der Waals surface area (Å²) in [4.78, 5) is 4.04. The second-order valence-corrected chi connectivity index (χ2v) is 6.42. The van der Waals surface area contributed by atoms with Crippen molar-refractivity contribution in [2.75, 3.05) is 11.5 Å². The molecule has 0 fully saturated rings. The highest BCUT2D eigenvalue weighted by atomic mass is 32.2. The van der Waals surface area contributed by atoms with Gasteiger partial charge in [-0.1, -0.05) is 51.9 Å². The van der Waals surface area contributed by atoms with Crippen LogP contribution in [-0.2, 0) is 6.42 Å². The highest BCUT2D eigenvalue weighted by molar-refractivity contribution is 7.99. The summed E-state index contributed by atoms with van der Waals surface area (Å²) < 4.78 is 0. The summed E-state index contributed by atoms with van der Waals surface area (Å²) in [5.74, 6) is 2.58. The highest BCUT2D eigenvalue weighted by Crippen LogP contribution is 2.12. The first-order valence-electron chi connectivity index (χ1n) is 7.90. The maximum atomic E-state index is 4.04. The quantitative estimate of drug-likeness (QED) is 0.469. The number of thioether (sulfide) groups is 1. The molecular weight excluding hydrogens is 250 g/mol. The fourth-order valence-corrected chi connectivity index (χ4v) is 3.17. The fraction of sp³-hybridized carbons (Fsp3) is 0.706. The van der Waals surface area contributed by atoms with E-state index in [1.165, 1.54) is 74.9 Å². The van der Waals surface area contributed by atoms with Crippen molar-refractivity contribution in [2.24, 2.45) is 0 Å². The molecule has 0 saturated heterocycles. The summed E-state index contributed by atoms with van der Waals surface area (Å²) in [6, 6.07) is 4.24. The maximum absolute atomic E-state index is 4.04. The Balaban J connectivity index is 1.79. The lowest BCUT2D eigenvalue weighted by Crippen LogP contribution is -1.90. The Morgan fingerprint density at radius 1 is 0.842 bits per heavy atom. The number of hydrogen-bond acceptors (Lipinski definition) is 2. The van der Waals surface area contributed by atoms with E-state index in [4.69, 9.17) is 0 Å². The number of hydrogen-bond donors (Lipinski definition) is 0. The number of rotatable bonds is 12. The van der Waals surface area contributed by atoms with E-state index >= 15 is 0 Å². The molecule has 0 saturated carbocycles. The minimum absolute atomic E-state index is 1.18. The molecule has 0 amide bonds. The molecule has 0 bridgehead atoms. The smallest absolute Gasteiger partial charge is 0.0270 e. The average Bonchev–Trinajstić information content (AvgIpc) is 2.46. The van der Waals surface area contributed by atoms with Gasteiger partial charge in [0, 0.05) is 12.4 Å². The zero-order valence-corrected chi connectivity index (χ0v) is 13.3. The van der Waals surface area contributed by atoms with Crippen molar-refractivity contribution in [1.29, 1.82) is 0 Å². The van der Waals surface area contributed by atoms with Crippen LogP contribution in [0, 0.1) is 0 Å². The molecule has 0 unspecified atom stereocenters. The minimum atomic E-state index is 1.18. The van der Waals surface area contributed by atoms with Crippen LogP contribution in [0.25, 0.3) is 0 Å². The SMILES string of the molecule is CCCCCCCCCCSCCc1ccncc1. The molecule has 1 heterocycles. The van der Waals surface area contributed by atoms with Crippen molar-refractivity contribution in [3.8, 4) is 0 Å². The summed E-state index contributed by atoms with van der Waals surface area (Å²) in [7, 11) is 0. The predicted octanol–water partition coefficient (Wildman–Crippen LogP) is 5.50. The maximum Gasteiger partial charge on any atom is 0.0270 e. The van der Waals surface area contributed by atoms with Crippen LogP contribution in [0.1, 0.15) is 63.9 Å². The molecule has 0 aliphatic heterocycles.